The molecule has 0 spiro atoms. The molecule has 2 aromatic rings. The number of aliphatic carboxylic acids is 1. The van der Waals surface area contributed by atoms with Gasteiger partial charge in [-0.3, -0.25) is 30.0 Å². The van der Waals surface area contributed by atoms with Crippen LogP contribution < -0.4 is 16.2 Å². The highest BCUT2D eigenvalue weighted by Gasteiger charge is 2.51. The number of fused-ring (bicyclic) bond motifs is 2. The van der Waals surface area contributed by atoms with Gasteiger partial charge in [0.15, 0.2) is 0 Å². The molecule has 0 aromatic heterocycles. The molecule has 31 heavy (non-hydrogen) atoms. The number of nitrogens with one attached hydrogen (secondary N) is 3. The number of carbonyl (C=O) groups excluding carboxylic acids is 3. The third kappa shape index (κ3) is 4.18. The molecule has 0 radical (unpaired) electrons. The van der Waals surface area contributed by atoms with Crippen molar-refractivity contribution in [2.75, 3.05) is 5.32 Å². The molecule has 3 amide bonds. The summed E-state index contributed by atoms with van der Waals surface area (Å²) in [5.74, 6) is -4.08. The van der Waals surface area contributed by atoms with Crippen LogP contribution in [0.2, 0.25) is 0 Å². The van der Waals surface area contributed by atoms with Crippen molar-refractivity contribution in [2.24, 2.45) is 23.7 Å². The van der Waals surface area contributed by atoms with Gasteiger partial charge in [0.2, 0.25) is 5.91 Å². The van der Waals surface area contributed by atoms with Crippen molar-refractivity contribution >= 4 is 29.4 Å². The Morgan fingerprint density at radius 1 is 0.742 bits per heavy atom. The molecule has 2 aliphatic carbocycles. The van der Waals surface area contributed by atoms with E-state index in [9.17, 15) is 24.3 Å². The molecule has 8 nitrogen and oxygen atoms in total. The van der Waals surface area contributed by atoms with E-state index >= 15 is 0 Å². The monoisotopic (exact) mass is 419 g/mol. The van der Waals surface area contributed by atoms with E-state index in [4.69, 9.17) is 0 Å². The Bertz CT molecular complexity index is 1050. The fourth-order valence-corrected chi connectivity index (χ4v) is 4.29. The molecule has 8 heteroatoms. The second-order valence-corrected chi connectivity index (χ2v) is 7.68. The molecule has 2 aromatic carbocycles. The van der Waals surface area contributed by atoms with E-state index in [-0.39, 0.29) is 23.3 Å². The predicted molar refractivity (Wildman–Crippen MR) is 112 cm³/mol. The molecular formula is C23H21N3O5. The van der Waals surface area contributed by atoms with E-state index in [0.717, 1.165) is 0 Å². The van der Waals surface area contributed by atoms with E-state index in [1.165, 1.54) is 12.1 Å². The average molecular weight is 419 g/mol. The van der Waals surface area contributed by atoms with E-state index in [1.807, 2.05) is 18.2 Å². The Balaban J connectivity index is 1.33. The minimum absolute atomic E-state index is 0.129. The molecule has 4 N–H and O–H groups in total. The SMILES string of the molecule is O=C(NNC(=O)[C@@H]1[C@@H](C(=O)O)[C@H]2C=C[C@H]1C2)c1ccc(NC(=O)c2ccccc2)cc1. The molecular weight excluding hydrogens is 398 g/mol. The van der Waals surface area contributed by atoms with Crippen molar-refractivity contribution in [3.8, 4) is 0 Å². The van der Waals surface area contributed by atoms with Crippen LogP contribution in [0, 0.1) is 23.7 Å². The second kappa shape index (κ2) is 8.43. The van der Waals surface area contributed by atoms with Crippen LogP contribution in [0.3, 0.4) is 0 Å². The van der Waals surface area contributed by atoms with Gasteiger partial charge in [-0.1, -0.05) is 30.4 Å². The number of hydrazine groups is 1. The molecule has 0 saturated heterocycles. The van der Waals surface area contributed by atoms with Gasteiger partial charge in [0.1, 0.15) is 0 Å². The first-order chi connectivity index (χ1) is 14.9. The number of anilines is 1. The number of hydrogen-bond acceptors (Lipinski definition) is 4. The van der Waals surface area contributed by atoms with Gasteiger partial charge in [-0.25, -0.2) is 0 Å². The highest BCUT2D eigenvalue weighted by molar-refractivity contribution is 6.04. The van der Waals surface area contributed by atoms with Crippen LogP contribution in [0.4, 0.5) is 5.69 Å². The zero-order valence-electron chi connectivity index (χ0n) is 16.4. The van der Waals surface area contributed by atoms with Gasteiger partial charge in [0, 0.05) is 16.8 Å². The zero-order chi connectivity index (χ0) is 22.0. The Hall–Kier alpha value is -3.94. The quantitative estimate of drug-likeness (QED) is 0.437. The lowest BCUT2D eigenvalue weighted by Gasteiger charge is -2.23. The predicted octanol–water partition coefficient (Wildman–Crippen LogP) is 2.22. The summed E-state index contributed by atoms with van der Waals surface area (Å²) in [7, 11) is 0. The molecule has 0 heterocycles. The summed E-state index contributed by atoms with van der Waals surface area (Å²) in [5.41, 5.74) is 6.01. The first-order valence-corrected chi connectivity index (χ1v) is 9.92. The van der Waals surface area contributed by atoms with E-state index in [1.54, 1.807) is 36.4 Å². The van der Waals surface area contributed by atoms with Gasteiger partial charge in [-0.15, -0.1) is 0 Å². The lowest BCUT2D eigenvalue weighted by Crippen LogP contribution is -2.48. The van der Waals surface area contributed by atoms with Crippen molar-refractivity contribution in [1.29, 1.82) is 0 Å². The molecule has 1 saturated carbocycles. The first-order valence-electron chi connectivity index (χ1n) is 9.92. The van der Waals surface area contributed by atoms with Crippen LogP contribution in [0.1, 0.15) is 27.1 Å². The Morgan fingerprint density at radius 3 is 2.00 bits per heavy atom. The van der Waals surface area contributed by atoms with Gasteiger partial charge < -0.3 is 10.4 Å². The highest BCUT2D eigenvalue weighted by atomic mass is 16.4. The summed E-state index contributed by atoms with van der Waals surface area (Å²) in [4.78, 5) is 48.6. The smallest absolute Gasteiger partial charge is 0.307 e. The molecule has 2 bridgehead atoms. The maximum Gasteiger partial charge on any atom is 0.307 e. The van der Waals surface area contributed by atoms with E-state index in [0.29, 0.717) is 17.7 Å². The molecule has 4 atom stereocenters. The minimum atomic E-state index is -1.00. The summed E-state index contributed by atoms with van der Waals surface area (Å²) < 4.78 is 0. The van der Waals surface area contributed by atoms with Crippen molar-refractivity contribution < 1.29 is 24.3 Å². The maximum atomic E-state index is 12.5. The third-order valence-electron chi connectivity index (χ3n) is 5.79. The fraction of sp³-hybridized carbons (Fsp3) is 0.217. The zero-order valence-corrected chi connectivity index (χ0v) is 16.4. The number of carbonyl (C=O) groups is 4. The number of hydrogen-bond donors (Lipinski definition) is 4. The van der Waals surface area contributed by atoms with Crippen molar-refractivity contribution in [1.82, 2.24) is 10.9 Å². The fourth-order valence-electron chi connectivity index (χ4n) is 4.29. The van der Waals surface area contributed by atoms with Crippen molar-refractivity contribution in [3.63, 3.8) is 0 Å². The van der Waals surface area contributed by atoms with Crippen LogP contribution in [0.5, 0.6) is 0 Å². The molecule has 1 fully saturated rings. The summed E-state index contributed by atoms with van der Waals surface area (Å²) in [6.45, 7) is 0. The highest BCUT2D eigenvalue weighted by Crippen LogP contribution is 2.48. The average Bonchev–Trinajstić information content (AvgIpc) is 3.40. The number of rotatable bonds is 5. The summed E-state index contributed by atoms with van der Waals surface area (Å²) in [6, 6.07) is 14.9. The largest absolute Gasteiger partial charge is 0.481 e. The molecule has 0 aliphatic heterocycles. The minimum Gasteiger partial charge on any atom is -0.481 e. The number of benzene rings is 2. The van der Waals surface area contributed by atoms with Crippen LogP contribution in [0.15, 0.2) is 66.7 Å². The van der Waals surface area contributed by atoms with Crippen LogP contribution >= 0.6 is 0 Å². The Morgan fingerprint density at radius 2 is 1.35 bits per heavy atom. The Labute approximate surface area is 178 Å². The van der Waals surface area contributed by atoms with Crippen LogP contribution in [-0.4, -0.2) is 28.8 Å². The number of allylic oxidation sites excluding steroid dienone is 2. The maximum absolute atomic E-state index is 12.5. The number of carboxylic acids is 1. The lowest BCUT2D eigenvalue weighted by atomic mass is 9.82. The molecule has 2 aliphatic rings. The van der Waals surface area contributed by atoms with Gasteiger partial charge >= 0.3 is 5.97 Å². The number of amides is 3. The third-order valence-corrected chi connectivity index (χ3v) is 5.79. The summed E-state index contributed by atoms with van der Waals surface area (Å²) in [5, 5.41) is 12.2. The lowest BCUT2D eigenvalue weighted by molar-refractivity contribution is -0.148. The molecule has 0 unspecified atom stereocenters. The standard InChI is InChI=1S/C23H21N3O5/c27-20(13-4-2-1-3-5-13)24-17-10-8-14(9-11-17)21(28)25-26-22(29)18-15-6-7-16(12-15)19(18)23(30)31/h1-11,15-16,18-19H,12H2,(H,24,27)(H,25,28)(H,26,29)(H,30,31)/t15-,16-,18-,19-/m0/s1. The van der Waals surface area contributed by atoms with E-state index in [2.05, 4.69) is 16.2 Å². The van der Waals surface area contributed by atoms with Crippen LogP contribution in [0.25, 0.3) is 0 Å². The Kier molecular flexibility index (Phi) is 5.53. The van der Waals surface area contributed by atoms with E-state index < -0.39 is 29.6 Å². The van der Waals surface area contributed by atoms with Gasteiger partial charge in [-0.05, 0) is 54.7 Å². The second-order valence-electron chi connectivity index (χ2n) is 7.68. The topological polar surface area (TPSA) is 125 Å². The molecule has 4 rings (SSSR count). The van der Waals surface area contributed by atoms with Gasteiger partial charge in [0.05, 0.1) is 11.8 Å². The first kappa shape index (κ1) is 20.3. The number of carboxylic acid groups (broad SMARTS) is 1. The normalized spacial score (nSPS) is 23.2. The van der Waals surface area contributed by atoms with Gasteiger partial charge in [0.25, 0.3) is 11.8 Å². The van der Waals surface area contributed by atoms with Crippen LogP contribution in [-0.2, 0) is 9.59 Å². The summed E-state index contributed by atoms with van der Waals surface area (Å²) in [6.07, 6.45) is 4.36. The summed E-state index contributed by atoms with van der Waals surface area (Å²) >= 11 is 0. The molecule has 158 valence electrons. The van der Waals surface area contributed by atoms with Crippen molar-refractivity contribution in [2.45, 2.75) is 6.42 Å². The van der Waals surface area contributed by atoms with Crippen molar-refractivity contribution in [3.05, 3.63) is 77.9 Å². The van der Waals surface area contributed by atoms with Gasteiger partial charge in [-0.2, -0.15) is 0 Å².